The second kappa shape index (κ2) is 8.20. The molecule has 0 aliphatic carbocycles. The highest BCUT2D eigenvalue weighted by Gasteiger charge is 2.16. The summed E-state index contributed by atoms with van der Waals surface area (Å²) in [6.07, 6.45) is 3.65. The maximum Gasteiger partial charge on any atom is 0.345 e. The van der Waals surface area contributed by atoms with Gasteiger partial charge in [0, 0.05) is 37.6 Å². The normalized spacial score (nSPS) is 13.3. The Labute approximate surface area is 151 Å². The van der Waals surface area contributed by atoms with E-state index in [4.69, 9.17) is 11.6 Å². The van der Waals surface area contributed by atoms with Gasteiger partial charge in [-0.1, -0.05) is 23.7 Å². The summed E-state index contributed by atoms with van der Waals surface area (Å²) >= 11 is 5.82. The van der Waals surface area contributed by atoms with Crippen LogP contribution in [-0.2, 0) is 26.1 Å². The summed E-state index contributed by atoms with van der Waals surface area (Å²) in [5.74, 6) is 0.880. The van der Waals surface area contributed by atoms with Crippen LogP contribution < -0.4 is 16.3 Å². The maximum atomic E-state index is 12.2. The number of amides is 2. The van der Waals surface area contributed by atoms with Gasteiger partial charge in [0.25, 0.3) is 0 Å². The van der Waals surface area contributed by atoms with E-state index in [0.717, 1.165) is 37.2 Å². The van der Waals surface area contributed by atoms with Gasteiger partial charge in [0.15, 0.2) is 0 Å². The van der Waals surface area contributed by atoms with Crippen LogP contribution in [0.5, 0.6) is 0 Å². The molecule has 0 fully saturated rings. The largest absolute Gasteiger partial charge is 0.345 e. The van der Waals surface area contributed by atoms with Crippen molar-refractivity contribution < 1.29 is 4.79 Å². The standard InChI is InChI=1S/C17H22ClN5O2/c18-14-7-5-13(6-8-14)12-20-16(24)19-9-3-11-23-17(25)22-10-2-1-4-15(22)21-23/h5-8H,1-4,9-12H2,(H2,19,20,24). The monoisotopic (exact) mass is 363 g/mol. The van der Waals surface area contributed by atoms with Gasteiger partial charge < -0.3 is 10.6 Å². The van der Waals surface area contributed by atoms with Crippen molar-refractivity contribution >= 4 is 17.6 Å². The number of halogens is 1. The average molecular weight is 364 g/mol. The quantitative estimate of drug-likeness (QED) is 0.769. The Bertz CT molecular complexity index is 781. The number of aryl methyl sites for hydroxylation is 2. The van der Waals surface area contributed by atoms with Gasteiger partial charge in [0.05, 0.1) is 0 Å². The highest BCUT2D eigenvalue weighted by atomic mass is 35.5. The van der Waals surface area contributed by atoms with Crippen LogP contribution in [0.1, 0.15) is 30.7 Å². The Morgan fingerprint density at radius 2 is 2.00 bits per heavy atom. The fourth-order valence-corrected chi connectivity index (χ4v) is 3.00. The fraction of sp³-hybridized carbons (Fsp3) is 0.471. The molecule has 2 aromatic rings. The van der Waals surface area contributed by atoms with Crippen LogP contribution in [0.2, 0.25) is 5.02 Å². The van der Waals surface area contributed by atoms with Crippen LogP contribution in [0.15, 0.2) is 29.1 Å². The maximum absolute atomic E-state index is 12.2. The Hall–Kier alpha value is -2.28. The van der Waals surface area contributed by atoms with E-state index in [2.05, 4.69) is 15.7 Å². The first-order valence-corrected chi connectivity index (χ1v) is 8.94. The predicted molar refractivity (Wildman–Crippen MR) is 95.7 cm³/mol. The molecule has 3 rings (SSSR count). The van der Waals surface area contributed by atoms with Gasteiger partial charge in [-0.05, 0) is 37.0 Å². The molecule has 1 aromatic carbocycles. The van der Waals surface area contributed by atoms with Crippen LogP contribution >= 0.6 is 11.6 Å². The first kappa shape index (κ1) is 17.5. The average Bonchev–Trinajstić information content (AvgIpc) is 2.94. The molecule has 1 aromatic heterocycles. The zero-order chi connectivity index (χ0) is 17.6. The molecular weight excluding hydrogens is 342 g/mol. The zero-order valence-electron chi connectivity index (χ0n) is 14.0. The minimum Gasteiger partial charge on any atom is -0.338 e. The Balaban J connectivity index is 1.38. The van der Waals surface area contributed by atoms with Gasteiger partial charge in [-0.25, -0.2) is 14.3 Å². The van der Waals surface area contributed by atoms with Crippen molar-refractivity contribution in [2.45, 2.75) is 45.3 Å². The summed E-state index contributed by atoms with van der Waals surface area (Å²) in [5.41, 5.74) is 0.941. The minimum atomic E-state index is -0.230. The second-order valence-electron chi connectivity index (χ2n) is 6.12. The molecular formula is C17H22ClN5O2. The molecule has 0 unspecified atom stereocenters. The van der Waals surface area contributed by atoms with Gasteiger partial charge in [-0.2, -0.15) is 5.10 Å². The lowest BCUT2D eigenvalue weighted by atomic mass is 10.2. The number of fused-ring (bicyclic) bond motifs is 1. The van der Waals surface area contributed by atoms with Crippen molar-refractivity contribution in [2.75, 3.05) is 6.54 Å². The third kappa shape index (κ3) is 4.63. The van der Waals surface area contributed by atoms with E-state index in [9.17, 15) is 9.59 Å². The van der Waals surface area contributed by atoms with E-state index in [0.29, 0.717) is 31.1 Å². The van der Waals surface area contributed by atoms with Crippen LogP contribution in [0.3, 0.4) is 0 Å². The molecule has 2 amide bonds. The van der Waals surface area contributed by atoms with Gasteiger partial charge >= 0.3 is 11.7 Å². The lowest BCUT2D eigenvalue weighted by molar-refractivity contribution is 0.240. The predicted octanol–water partition coefficient (Wildman–Crippen LogP) is 1.92. The van der Waals surface area contributed by atoms with E-state index in [-0.39, 0.29) is 11.7 Å². The lowest BCUT2D eigenvalue weighted by Crippen LogP contribution is -2.36. The molecule has 0 saturated carbocycles. The molecule has 7 nitrogen and oxygen atoms in total. The summed E-state index contributed by atoms with van der Waals surface area (Å²) in [5, 5.41) is 10.6. The Kier molecular flexibility index (Phi) is 5.75. The van der Waals surface area contributed by atoms with Crippen molar-refractivity contribution in [3.8, 4) is 0 Å². The molecule has 2 heterocycles. The van der Waals surface area contributed by atoms with Crippen molar-refractivity contribution in [1.29, 1.82) is 0 Å². The number of benzene rings is 1. The van der Waals surface area contributed by atoms with Crippen molar-refractivity contribution in [2.24, 2.45) is 0 Å². The summed E-state index contributed by atoms with van der Waals surface area (Å²) in [6, 6.07) is 7.09. The molecule has 0 spiro atoms. The van der Waals surface area contributed by atoms with Crippen LogP contribution in [0.4, 0.5) is 4.79 Å². The zero-order valence-corrected chi connectivity index (χ0v) is 14.8. The molecule has 0 atom stereocenters. The van der Waals surface area contributed by atoms with Crippen molar-refractivity contribution in [3.05, 3.63) is 51.2 Å². The smallest absolute Gasteiger partial charge is 0.338 e. The van der Waals surface area contributed by atoms with Gasteiger partial charge in [-0.3, -0.25) is 4.57 Å². The fourth-order valence-electron chi connectivity index (χ4n) is 2.87. The molecule has 8 heteroatoms. The van der Waals surface area contributed by atoms with Gasteiger partial charge in [0.2, 0.25) is 0 Å². The molecule has 2 N–H and O–H groups in total. The summed E-state index contributed by atoms with van der Waals surface area (Å²) < 4.78 is 3.27. The number of hydrogen-bond donors (Lipinski definition) is 2. The molecule has 0 radical (unpaired) electrons. The molecule has 25 heavy (non-hydrogen) atoms. The number of aromatic nitrogens is 3. The third-order valence-corrected chi connectivity index (χ3v) is 4.48. The highest BCUT2D eigenvalue weighted by molar-refractivity contribution is 6.30. The van der Waals surface area contributed by atoms with Gasteiger partial charge in [0.1, 0.15) is 5.82 Å². The number of rotatable bonds is 6. The van der Waals surface area contributed by atoms with Crippen molar-refractivity contribution in [1.82, 2.24) is 25.0 Å². The van der Waals surface area contributed by atoms with E-state index in [1.165, 1.54) is 4.68 Å². The number of nitrogens with one attached hydrogen (secondary N) is 2. The summed E-state index contributed by atoms with van der Waals surface area (Å²) in [4.78, 5) is 24.0. The van der Waals surface area contributed by atoms with E-state index >= 15 is 0 Å². The Morgan fingerprint density at radius 3 is 2.76 bits per heavy atom. The van der Waals surface area contributed by atoms with Crippen LogP contribution in [0, 0.1) is 0 Å². The highest BCUT2D eigenvalue weighted by Crippen LogP contribution is 2.10. The van der Waals surface area contributed by atoms with E-state index < -0.39 is 0 Å². The van der Waals surface area contributed by atoms with Crippen LogP contribution in [-0.4, -0.2) is 26.9 Å². The third-order valence-electron chi connectivity index (χ3n) is 4.23. The SMILES string of the molecule is O=C(NCCCn1nc2n(c1=O)CCCC2)NCc1ccc(Cl)cc1. The number of urea groups is 1. The van der Waals surface area contributed by atoms with E-state index in [1.54, 1.807) is 16.7 Å². The minimum absolute atomic E-state index is 0.0399. The number of hydrogen-bond acceptors (Lipinski definition) is 3. The van der Waals surface area contributed by atoms with Gasteiger partial charge in [-0.15, -0.1) is 0 Å². The number of carbonyl (C=O) groups excluding carboxylic acids is 1. The first-order valence-electron chi connectivity index (χ1n) is 8.56. The van der Waals surface area contributed by atoms with E-state index in [1.807, 2.05) is 12.1 Å². The molecule has 0 bridgehead atoms. The van der Waals surface area contributed by atoms with Crippen molar-refractivity contribution in [3.63, 3.8) is 0 Å². The molecule has 0 saturated heterocycles. The topological polar surface area (TPSA) is 81.0 Å². The number of carbonyl (C=O) groups is 1. The molecule has 134 valence electrons. The first-order chi connectivity index (χ1) is 12.1. The number of nitrogens with zero attached hydrogens (tertiary/aromatic N) is 3. The summed E-state index contributed by atoms with van der Waals surface area (Å²) in [7, 11) is 0. The molecule has 1 aliphatic rings. The molecule has 1 aliphatic heterocycles. The van der Waals surface area contributed by atoms with Crippen LogP contribution in [0.25, 0.3) is 0 Å². The lowest BCUT2D eigenvalue weighted by Gasteiger charge is -2.09. The second-order valence-corrected chi connectivity index (χ2v) is 6.56. The summed E-state index contributed by atoms with van der Waals surface area (Å²) in [6.45, 7) is 2.20. The Morgan fingerprint density at radius 1 is 1.20 bits per heavy atom.